The van der Waals surface area contributed by atoms with E-state index in [-0.39, 0.29) is 12.1 Å². The Bertz CT molecular complexity index is 1110. The first kappa shape index (κ1) is 16.0. The fourth-order valence-electron chi connectivity index (χ4n) is 3.93. The molecule has 136 valence electrons. The molecule has 1 aliphatic rings. The molecule has 0 unspecified atom stereocenters. The van der Waals surface area contributed by atoms with E-state index >= 15 is 0 Å². The minimum Gasteiger partial charge on any atom is -0.386 e. The van der Waals surface area contributed by atoms with Crippen molar-refractivity contribution in [1.29, 1.82) is 0 Å². The maximum atomic E-state index is 11.3. The van der Waals surface area contributed by atoms with Gasteiger partial charge in [-0.05, 0) is 31.5 Å². The topological polar surface area (TPSA) is 91.7 Å². The van der Waals surface area contributed by atoms with Gasteiger partial charge in [0.15, 0.2) is 5.82 Å². The summed E-state index contributed by atoms with van der Waals surface area (Å²) < 4.78 is 1.83. The normalized spacial score (nSPS) is 21.8. The Balaban J connectivity index is 1.71. The third-order valence-electron chi connectivity index (χ3n) is 5.34. The molecule has 27 heavy (non-hydrogen) atoms. The molecule has 3 N–H and O–H groups in total. The van der Waals surface area contributed by atoms with Crippen molar-refractivity contribution < 1.29 is 5.11 Å². The number of aromatic amines is 1. The van der Waals surface area contributed by atoms with Crippen LogP contribution in [0, 0.1) is 13.8 Å². The van der Waals surface area contributed by atoms with E-state index in [0.29, 0.717) is 5.82 Å². The Morgan fingerprint density at radius 2 is 1.81 bits per heavy atom. The number of hydrogen-bond acceptors (Lipinski definition) is 5. The summed E-state index contributed by atoms with van der Waals surface area (Å²) in [5.41, 5.74) is 5.58. The van der Waals surface area contributed by atoms with Gasteiger partial charge in [0.05, 0.1) is 11.6 Å². The predicted octanol–water partition coefficient (Wildman–Crippen LogP) is 3.21. The molecule has 0 radical (unpaired) electrons. The summed E-state index contributed by atoms with van der Waals surface area (Å²) >= 11 is 0. The molecule has 2 aromatic carbocycles. The van der Waals surface area contributed by atoms with Crippen molar-refractivity contribution in [2.75, 3.05) is 5.32 Å². The number of anilines is 1. The first-order chi connectivity index (χ1) is 13.1. The average Bonchev–Trinajstić information content (AvgIpc) is 3.26. The van der Waals surface area contributed by atoms with E-state index in [1.807, 2.05) is 35.9 Å². The Morgan fingerprint density at radius 1 is 1.04 bits per heavy atom. The van der Waals surface area contributed by atoms with Gasteiger partial charge in [-0.25, -0.2) is 4.68 Å². The van der Waals surface area contributed by atoms with E-state index < -0.39 is 6.10 Å². The van der Waals surface area contributed by atoms with Crippen LogP contribution in [0.1, 0.15) is 40.6 Å². The van der Waals surface area contributed by atoms with Crippen molar-refractivity contribution in [3.63, 3.8) is 0 Å². The van der Waals surface area contributed by atoms with Crippen LogP contribution >= 0.6 is 0 Å². The Kier molecular flexibility index (Phi) is 3.51. The number of rotatable bonds is 2. The van der Waals surface area contributed by atoms with Crippen LogP contribution in [0.15, 0.2) is 48.5 Å². The van der Waals surface area contributed by atoms with Gasteiger partial charge in [-0.3, -0.25) is 5.10 Å². The number of nitrogens with zero attached hydrogens (tertiary/aromatic N) is 4. The van der Waals surface area contributed by atoms with Crippen molar-refractivity contribution >= 4 is 16.9 Å². The van der Waals surface area contributed by atoms with Crippen LogP contribution in [-0.2, 0) is 0 Å². The first-order valence-electron chi connectivity index (χ1n) is 8.99. The summed E-state index contributed by atoms with van der Waals surface area (Å²) in [4.78, 5) is 0. The molecule has 1 aliphatic heterocycles. The second-order valence-corrected chi connectivity index (χ2v) is 7.10. The Labute approximate surface area is 156 Å². The molecule has 0 saturated heterocycles. The zero-order valence-corrected chi connectivity index (χ0v) is 15.1. The second kappa shape index (κ2) is 5.92. The van der Waals surface area contributed by atoms with Gasteiger partial charge in [0.1, 0.15) is 17.7 Å². The standard InChI is InChI=1S/C20H20N6O/c1-11-7-9-13(10-8-11)17-18(19(27)16-12(2)22-24-20(16)21-17)26-15-6-4-3-5-14(15)23-25-26/h3-10,17-19,27H,1-2H3,(H2,21,22,24)/t17-,18-,19-/m1/s1. The quantitative estimate of drug-likeness (QED) is 0.510. The van der Waals surface area contributed by atoms with Gasteiger partial charge in [-0.2, -0.15) is 5.10 Å². The highest BCUT2D eigenvalue weighted by Crippen LogP contribution is 2.46. The summed E-state index contributed by atoms with van der Waals surface area (Å²) in [5.74, 6) is 0.686. The molecule has 0 fully saturated rings. The minimum atomic E-state index is -0.767. The van der Waals surface area contributed by atoms with Gasteiger partial charge in [-0.15, -0.1) is 5.10 Å². The van der Waals surface area contributed by atoms with Crippen molar-refractivity contribution in [3.05, 3.63) is 70.9 Å². The molecule has 7 heteroatoms. The summed E-state index contributed by atoms with van der Waals surface area (Å²) in [5, 5.41) is 30.8. The Morgan fingerprint density at radius 3 is 2.63 bits per heavy atom. The SMILES string of the molecule is Cc1ccc([C@H]2Nc3n[nH]c(C)c3[C@@H](O)[C@@H]2n2nnc3ccccc32)cc1. The van der Waals surface area contributed by atoms with E-state index in [0.717, 1.165) is 27.9 Å². The van der Waals surface area contributed by atoms with Crippen molar-refractivity contribution in [2.45, 2.75) is 32.0 Å². The maximum Gasteiger partial charge on any atom is 0.154 e. The molecule has 5 rings (SSSR count). The molecule has 0 amide bonds. The fraction of sp³-hybridized carbons (Fsp3) is 0.250. The lowest BCUT2D eigenvalue weighted by molar-refractivity contribution is 0.0901. The highest BCUT2D eigenvalue weighted by Gasteiger charge is 2.41. The lowest BCUT2D eigenvalue weighted by Gasteiger charge is -2.36. The molecule has 0 aliphatic carbocycles. The summed E-state index contributed by atoms with van der Waals surface area (Å²) in [6.07, 6.45) is -0.767. The molecule has 0 bridgehead atoms. The summed E-state index contributed by atoms with van der Waals surface area (Å²) in [7, 11) is 0. The predicted molar refractivity (Wildman–Crippen MR) is 102 cm³/mol. The van der Waals surface area contributed by atoms with Crippen LogP contribution in [0.3, 0.4) is 0 Å². The number of nitrogens with one attached hydrogen (secondary N) is 2. The fourth-order valence-corrected chi connectivity index (χ4v) is 3.93. The van der Waals surface area contributed by atoms with E-state index in [1.54, 1.807) is 0 Å². The van der Waals surface area contributed by atoms with Crippen LogP contribution in [0.2, 0.25) is 0 Å². The molecular formula is C20H20N6O. The maximum absolute atomic E-state index is 11.3. The molecule has 2 aromatic heterocycles. The van der Waals surface area contributed by atoms with Crippen LogP contribution in [-0.4, -0.2) is 30.3 Å². The lowest BCUT2D eigenvalue weighted by Crippen LogP contribution is -2.34. The molecular weight excluding hydrogens is 340 g/mol. The largest absolute Gasteiger partial charge is 0.386 e. The number of aryl methyl sites for hydroxylation is 2. The number of fused-ring (bicyclic) bond motifs is 2. The van der Waals surface area contributed by atoms with Gasteiger partial charge in [0.2, 0.25) is 0 Å². The van der Waals surface area contributed by atoms with E-state index in [1.165, 1.54) is 5.56 Å². The van der Waals surface area contributed by atoms with Gasteiger partial charge >= 0.3 is 0 Å². The molecule has 4 aromatic rings. The number of hydrogen-bond donors (Lipinski definition) is 3. The Hall–Kier alpha value is -3.19. The molecule has 0 saturated carbocycles. The third kappa shape index (κ3) is 2.43. The van der Waals surface area contributed by atoms with Crippen molar-refractivity contribution in [3.8, 4) is 0 Å². The smallest absolute Gasteiger partial charge is 0.154 e. The summed E-state index contributed by atoms with van der Waals surface area (Å²) in [6.45, 7) is 3.98. The zero-order chi connectivity index (χ0) is 18.5. The zero-order valence-electron chi connectivity index (χ0n) is 15.1. The van der Waals surface area contributed by atoms with Crippen LogP contribution in [0.25, 0.3) is 11.0 Å². The number of para-hydroxylation sites is 1. The van der Waals surface area contributed by atoms with Crippen LogP contribution in [0.5, 0.6) is 0 Å². The highest BCUT2D eigenvalue weighted by molar-refractivity contribution is 5.74. The third-order valence-corrected chi connectivity index (χ3v) is 5.34. The number of benzene rings is 2. The van der Waals surface area contributed by atoms with Crippen LogP contribution in [0.4, 0.5) is 5.82 Å². The monoisotopic (exact) mass is 360 g/mol. The number of H-pyrrole nitrogens is 1. The van der Waals surface area contributed by atoms with Crippen molar-refractivity contribution in [1.82, 2.24) is 25.2 Å². The highest BCUT2D eigenvalue weighted by atomic mass is 16.3. The molecule has 3 atom stereocenters. The molecule has 0 spiro atoms. The first-order valence-corrected chi connectivity index (χ1v) is 8.99. The van der Waals surface area contributed by atoms with Crippen LogP contribution < -0.4 is 5.32 Å². The summed E-state index contributed by atoms with van der Waals surface area (Å²) in [6, 6.07) is 15.6. The number of aliphatic hydroxyl groups is 1. The lowest BCUT2D eigenvalue weighted by atomic mass is 9.87. The second-order valence-electron chi connectivity index (χ2n) is 7.10. The van der Waals surface area contributed by atoms with E-state index in [9.17, 15) is 5.11 Å². The van der Waals surface area contributed by atoms with E-state index in [2.05, 4.69) is 57.0 Å². The average molecular weight is 360 g/mol. The number of aliphatic hydroxyl groups excluding tert-OH is 1. The van der Waals surface area contributed by atoms with Gasteiger partial charge in [0.25, 0.3) is 0 Å². The van der Waals surface area contributed by atoms with Gasteiger partial charge < -0.3 is 10.4 Å². The van der Waals surface area contributed by atoms with E-state index in [4.69, 9.17) is 0 Å². The van der Waals surface area contributed by atoms with Gasteiger partial charge in [-0.1, -0.05) is 47.2 Å². The van der Waals surface area contributed by atoms with Crippen molar-refractivity contribution in [2.24, 2.45) is 0 Å². The molecule has 7 nitrogen and oxygen atoms in total. The number of aromatic nitrogens is 5. The minimum absolute atomic E-state index is 0.194. The molecule has 3 heterocycles. The van der Waals surface area contributed by atoms with Gasteiger partial charge in [0, 0.05) is 11.3 Å².